The minimum Gasteiger partial charge on any atom is -0.505 e. The van der Waals surface area contributed by atoms with Crippen molar-refractivity contribution in [2.45, 2.75) is 6.54 Å². The first-order chi connectivity index (χ1) is 4.74. The lowest BCUT2D eigenvalue weighted by atomic mass is 10.2. The molecule has 0 spiro atoms. The molecule has 0 aromatic heterocycles. The maximum Gasteiger partial charge on any atom is 0.165 e. The van der Waals surface area contributed by atoms with Crippen LogP contribution >= 0.6 is 17.0 Å². The number of hydrogen-bond donors (Lipinski definition) is 2. The van der Waals surface area contributed by atoms with Crippen molar-refractivity contribution < 1.29 is 9.50 Å². The highest BCUT2D eigenvalue weighted by Gasteiger charge is 1.98. The van der Waals surface area contributed by atoms with Crippen molar-refractivity contribution >= 4 is 17.0 Å². The average molecular weight is 222 g/mol. The second kappa shape index (κ2) is 4.31. The summed E-state index contributed by atoms with van der Waals surface area (Å²) in [6.45, 7) is 0.289. The van der Waals surface area contributed by atoms with Gasteiger partial charge in [-0.1, -0.05) is 6.07 Å². The molecule has 0 radical (unpaired) electrons. The van der Waals surface area contributed by atoms with E-state index in [-0.39, 0.29) is 29.3 Å². The average Bonchev–Trinajstić information content (AvgIpc) is 1.95. The van der Waals surface area contributed by atoms with E-state index < -0.39 is 5.82 Å². The number of nitrogens with two attached hydrogens (primary N) is 1. The van der Waals surface area contributed by atoms with Gasteiger partial charge >= 0.3 is 0 Å². The number of phenolic OH excluding ortho intramolecular Hbond substituents is 1. The number of phenols is 1. The summed E-state index contributed by atoms with van der Waals surface area (Å²) < 4.78 is 12.5. The molecule has 0 aliphatic rings. The molecule has 0 bridgehead atoms. The van der Waals surface area contributed by atoms with Crippen LogP contribution in [0.1, 0.15) is 5.56 Å². The zero-order valence-electron chi connectivity index (χ0n) is 5.75. The fraction of sp³-hybridized carbons (Fsp3) is 0.143. The highest BCUT2D eigenvalue weighted by Crippen LogP contribution is 2.15. The summed E-state index contributed by atoms with van der Waals surface area (Å²) in [5.41, 5.74) is 5.90. The molecule has 0 fully saturated rings. The normalized spacial score (nSPS) is 8.91. The van der Waals surface area contributed by atoms with Crippen LogP contribution in [0.2, 0.25) is 0 Å². The zero-order chi connectivity index (χ0) is 7.56. The Morgan fingerprint density at radius 2 is 2.09 bits per heavy atom. The Balaban J connectivity index is 0.000001000. The van der Waals surface area contributed by atoms with E-state index in [1.165, 1.54) is 12.1 Å². The molecule has 0 atom stereocenters. The molecule has 2 nitrogen and oxygen atoms in total. The lowest BCUT2D eigenvalue weighted by Gasteiger charge is -1.97. The van der Waals surface area contributed by atoms with Crippen LogP contribution < -0.4 is 5.73 Å². The Bertz CT molecular complexity index is 242. The van der Waals surface area contributed by atoms with Crippen LogP contribution in [0.15, 0.2) is 18.2 Å². The third-order valence-electron chi connectivity index (χ3n) is 1.25. The molecule has 0 amide bonds. The monoisotopic (exact) mass is 221 g/mol. The van der Waals surface area contributed by atoms with Crippen molar-refractivity contribution in [2.24, 2.45) is 5.73 Å². The summed E-state index contributed by atoms with van der Waals surface area (Å²) in [7, 11) is 0. The predicted molar refractivity (Wildman–Crippen MR) is 46.3 cm³/mol. The minimum atomic E-state index is -0.622. The lowest BCUT2D eigenvalue weighted by Crippen LogP contribution is -1.95. The van der Waals surface area contributed by atoms with Crippen molar-refractivity contribution in [3.8, 4) is 5.75 Å². The van der Waals surface area contributed by atoms with Gasteiger partial charge in [-0.25, -0.2) is 4.39 Å². The van der Waals surface area contributed by atoms with Gasteiger partial charge in [-0.05, 0) is 17.7 Å². The Morgan fingerprint density at radius 3 is 2.55 bits per heavy atom. The first-order valence-electron chi connectivity index (χ1n) is 2.91. The quantitative estimate of drug-likeness (QED) is 0.757. The molecule has 0 aliphatic heterocycles. The van der Waals surface area contributed by atoms with E-state index in [9.17, 15) is 4.39 Å². The number of aromatic hydroxyl groups is 1. The molecule has 0 unspecified atom stereocenters. The molecule has 62 valence electrons. The van der Waals surface area contributed by atoms with E-state index in [4.69, 9.17) is 10.8 Å². The molecule has 0 heterocycles. The smallest absolute Gasteiger partial charge is 0.165 e. The summed E-state index contributed by atoms with van der Waals surface area (Å²) in [4.78, 5) is 0. The van der Waals surface area contributed by atoms with E-state index in [0.717, 1.165) is 0 Å². The molecule has 3 N–H and O–H groups in total. The van der Waals surface area contributed by atoms with Gasteiger partial charge in [0.1, 0.15) is 0 Å². The Kier molecular flexibility index (Phi) is 4.07. The first kappa shape index (κ1) is 10.4. The fourth-order valence-electron chi connectivity index (χ4n) is 0.677. The van der Waals surface area contributed by atoms with Gasteiger partial charge in [0.25, 0.3) is 0 Å². The fourth-order valence-corrected chi connectivity index (χ4v) is 0.677. The van der Waals surface area contributed by atoms with Gasteiger partial charge in [-0.2, -0.15) is 0 Å². The number of halogens is 2. The number of benzene rings is 1. The van der Waals surface area contributed by atoms with E-state index in [1.54, 1.807) is 6.07 Å². The zero-order valence-corrected chi connectivity index (χ0v) is 7.46. The Morgan fingerprint density at radius 1 is 1.45 bits per heavy atom. The first-order valence-corrected chi connectivity index (χ1v) is 2.91. The molecular weight excluding hydrogens is 213 g/mol. The Hall–Kier alpha value is -0.610. The highest BCUT2D eigenvalue weighted by atomic mass is 79.9. The minimum absolute atomic E-state index is 0. The second-order valence-corrected chi connectivity index (χ2v) is 1.99. The van der Waals surface area contributed by atoms with Crippen LogP contribution in [-0.4, -0.2) is 5.11 Å². The van der Waals surface area contributed by atoms with Crippen LogP contribution in [0.3, 0.4) is 0 Å². The third-order valence-corrected chi connectivity index (χ3v) is 1.25. The molecule has 1 rings (SSSR count). The molecule has 0 saturated heterocycles. The summed E-state index contributed by atoms with van der Waals surface area (Å²) in [5.74, 6) is -0.958. The molecule has 4 heteroatoms. The number of hydrogen-bond acceptors (Lipinski definition) is 2. The molecular formula is C7H9BrFNO. The summed E-state index contributed by atoms with van der Waals surface area (Å²) >= 11 is 0. The van der Waals surface area contributed by atoms with Gasteiger partial charge in [-0.3, -0.25) is 0 Å². The third kappa shape index (κ3) is 2.48. The molecule has 1 aromatic rings. The largest absolute Gasteiger partial charge is 0.505 e. The van der Waals surface area contributed by atoms with Gasteiger partial charge in [0.2, 0.25) is 0 Å². The molecule has 1 aromatic carbocycles. The molecule has 0 saturated carbocycles. The van der Waals surface area contributed by atoms with Crippen LogP contribution in [-0.2, 0) is 6.54 Å². The van der Waals surface area contributed by atoms with Gasteiger partial charge in [0, 0.05) is 6.54 Å². The molecule has 0 aliphatic carbocycles. The van der Waals surface area contributed by atoms with Crippen molar-refractivity contribution in [3.63, 3.8) is 0 Å². The van der Waals surface area contributed by atoms with Crippen molar-refractivity contribution in [2.75, 3.05) is 0 Å². The van der Waals surface area contributed by atoms with Crippen molar-refractivity contribution in [1.29, 1.82) is 0 Å². The van der Waals surface area contributed by atoms with E-state index in [2.05, 4.69) is 0 Å². The number of rotatable bonds is 1. The Labute approximate surface area is 74.6 Å². The van der Waals surface area contributed by atoms with Crippen molar-refractivity contribution in [1.82, 2.24) is 0 Å². The van der Waals surface area contributed by atoms with Crippen molar-refractivity contribution in [3.05, 3.63) is 29.6 Å². The van der Waals surface area contributed by atoms with E-state index in [0.29, 0.717) is 5.56 Å². The van der Waals surface area contributed by atoms with Crippen LogP contribution in [0.4, 0.5) is 4.39 Å². The van der Waals surface area contributed by atoms with Gasteiger partial charge < -0.3 is 10.8 Å². The standard InChI is InChI=1S/C7H8FNO.BrH/c8-6-3-5(4-9)1-2-7(6)10;/h1-3,10H,4,9H2;1H. The van der Waals surface area contributed by atoms with Crippen LogP contribution in [0, 0.1) is 5.82 Å². The van der Waals surface area contributed by atoms with Gasteiger partial charge in [0.15, 0.2) is 11.6 Å². The maximum absolute atomic E-state index is 12.5. The maximum atomic E-state index is 12.5. The van der Waals surface area contributed by atoms with Gasteiger partial charge in [-0.15, -0.1) is 17.0 Å². The highest BCUT2D eigenvalue weighted by molar-refractivity contribution is 8.93. The summed E-state index contributed by atoms with van der Waals surface area (Å²) in [6.07, 6.45) is 0. The lowest BCUT2D eigenvalue weighted by molar-refractivity contribution is 0.432. The summed E-state index contributed by atoms with van der Waals surface area (Å²) in [6, 6.07) is 4.09. The van der Waals surface area contributed by atoms with Gasteiger partial charge in [0.05, 0.1) is 0 Å². The van der Waals surface area contributed by atoms with E-state index >= 15 is 0 Å². The SMILES string of the molecule is Br.NCc1ccc(O)c(F)c1. The molecule has 11 heavy (non-hydrogen) atoms. The summed E-state index contributed by atoms with van der Waals surface area (Å²) in [5, 5.41) is 8.72. The predicted octanol–water partition coefficient (Wildman–Crippen LogP) is 1.57. The van der Waals surface area contributed by atoms with Crippen LogP contribution in [0.5, 0.6) is 5.75 Å². The van der Waals surface area contributed by atoms with Crippen LogP contribution in [0.25, 0.3) is 0 Å². The second-order valence-electron chi connectivity index (χ2n) is 1.99. The topological polar surface area (TPSA) is 46.2 Å². The van der Waals surface area contributed by atoms with E-state index in [1.807, 2.05) is 0 Å².